The molecule has 0 spiro atoms. The SMILES string of the molecule is CCC=CP(=O)(O)C1CCCCC1. The zero-order valence-corrected chi connectivity index (χ0v) is 9.17. The topological polar surface area (TPSA) is 37.3 Å². The van der Waals surface area contributed by atoms with E-state index < -0.39 is 7.37 Å². The van der Waals surface area contributed by atoms with Gasteiger partial charge in [-0.15, -0.1) is 0 Å². The van der Waals surface area contributed by atoms with Gasteiger partial charge in [-0.3, -0.25) is 4.57 Å². The van der Waals surface area contributed by atoms with Crippen molar-refractivity contribution < 1.29 is 9.46 Å². The van der Waals surface area contributed by atoms with E-state index in [1.165, 1.54) is 6.42 Å². The zero-order valence-electron chi connectivity index (χ0n) is 8.28. The molecule has 0 aromatic carbocycles. The van der Waals surface area contributed by atoms with E-state index >= 15 is 0 Å². The molecule has 13 heavy (non-hydrogen) atoms. The summed E-state index contributed by atoms with van der Waals surface area (Å²) in [6.45, 7) is 1.98. The van der Waals surface area contributed by atoms with Crippen LogP contribution in [-0.4, -0.2) is 10.6 Å². The molecule has 1 unspecified atom stereocenters. The Morgan fingerprint density at radius 2 is 2.00 bits per heavy atom. The lowest BCUT2D eigenvalue weighted by molar-refractivity contribution is 0.430. The van der Waals surface area contributed by atoms with E-state index in [1.54, 1.807) is 5.82 Å². The Hall–Kier alpha value is -0.0700. The van der Waals surface area contributed by atoms with Gasteiger partial charge in [0.25, 0.3) is 0 Å². The lowest BCUT2D eigenvalue weighted by atomic mass is 10.0. The highest BCUT2D eigenvalue weighted by atomic mass is 31.2. The molecule has 0 saturated heterocycles. The molecule has 3 heteroatoms. The highest BCUT2D eigenvalue weighted by Crippen LogP contribution is 2.53. The second-order valence-electron chi connectivity index (χ2n) is 3.76. The largest absolute Gasteiger partial charge is 0.341 e. The van der Waals surface area contributed by atoms with Crippen molar-refractivity contribution in [1.29, 1.82) is 0 Å². The van der Waals surface area contributed by atoms with Gasteiger partial charge >= 0.3 is 0 Å². The van der Waals surface area contributed by atoms with Gasteiger partial charge in [0.1, 0.15) is 0 Å². The highest BCUT2D eigenvalue weighted by molar-refractivity contribution is 7.62. The van der Waals surface area contributed by atoms with Crippen molar-refractivity contribution in [3.63, 3.8) is 0 Å². The molecular formula is C10H19O2P. The maximum atomic E-state index is 11.8. The molecule has 0 bridgehead atoms. The van der Waals surface area contributed by atoms with Gasteiger partial charge in [-0.25, -0.2) is 0 Å². The van der Waals surface area contributed by atoms with Gasteiger partial charge in [0.05, 0.1) is 0 Å². The second kappa shape index (κ2) is 4.97. The molecule has 1 saturated carbocycles. The van der Waals surface area contributed by atoms with Crippen molar-refractivity contribution in [3.05, 3.63) is 11.9 Å². The van der Waals surface area contributed by atoms with Gasteiger partial charge in [0.2, 0.25) is 7.37 Å². The van der Waals surface area contributed by atoms with Gasteiger partial charge in [-0.05, 0) is 25.1 Å². The first kappa shape index (κ1) is 11.0. The number of rotatable bonds is 3. The molecule has 1 fully saturated rings. The minimum atomic E-state index is -2.97. The van der Waals surface area contributed by atoms with Gasteiger partial charge in [-0.2, -0.15) is 0 Å². The highest BCUT2D eigenvalue weighted by Gasteiger charge is 2.28. The van der Waals surface area contributed by atoms with E-state index in [4.69, 9.17) is 0 Å². The molecule has 0 aliphatic heterocycles. The van der Waals surface area contributed by atoms with Crippen molar-refractivity contribution in [2.75, 3.05) is 0 Å². The van der Waals surface area contributed by atoms with Crippen LogP contribution in [0.4, 0.5) is 0 Å². The monoisotopic (exact) mass is 202 g/mol. The first-order valence-electron chi connectivity index (χ1n) is 5.16. The van der Waals surface area contributed by atoms with Crippen LogP contribution in [0, 0.1) is 0 Å². The maximum absolute atomic E-state index is 11.8. The molecule has 0 aromatic heterocycles. The summed E-state index contributed by atoms with van der Waals surface area (Å²) in [5.41, 5.74) is 0.0454. The molecule has 2 nitrogen and oxygen atoms in total. The molecule has 1 rings (SSSR count). The van der Waals surface area contributed by atoms with Crippen LogP contribution in [0.25, 0.3) is 0 Å². The fraction of sp³-hybridized carbons (Fsp3) is 0.800. The fourth-order valence-electron chi connectivity index (χ4n) is 1.83. The third-order valence-electron chi connectivity index (χ3n) is 2.65. The molecule has 1 aliphatic carbocycles. The summed E-state index contributed by atoms with van der Waals surface area (Å²) in [5, 5.41) is 0. The molecule has 76 valence electrons. The minimum absolute atomic E-state index is 0.0454. The average Bonchev–Trinajstić information content (AvgIpc) is 2.16. The van der Waals surface area contributed by atoms with Crippen LogP contribution in [0.3, 0.4) is 0 Å². The van der Waals surface area contributed by atoms with E-state index in [0.717, 1.165) is 32.1 Å². The summed E-state index contributed by atoms with van der Waals surface area (Å²) in [6, 6.07) is 0. The number of allylic oxidation sites excluding steroid dienone is 1. The fourth-order valence-corrected chi connectivity index (χ4v) is 3.69. The van der Waals surface area contributed by atoms with Gasteiger partial charge < -0.3 is 4.89 Å². The molecule has 0 radical (unpaired) electrons. The van der Waals surface area contributed by atoms with Gasteiger partial charge in [0, 0.05) is 5.66 Å². The first-order chi connectivity index (χ1) is 6.17. The third kappa shape index (κ3) is 3.28. The lowest BCUT2D eigenvalue weighted by Crippen LogP contribution is -2.11. The average molecular weight is 202 g/mol. The standard InChI is InChI=1S/C10H19O2P/c1-2-3-9-13(11,12)10-7-5-4-6-8-10/h3,9-10H,2,4-8H2,1H3,(H,11,12). The molecule has 0 aromatic rings. The van der Waals surface area contributed by atoms with Crippen LogP contribution in [0.1, 0.15) is 45.4 Å². The predicted octanol–water partition coefficient (Wildman–Crippen LogP) is 3.51. The quantitative estimate of drug-likeness (QED) is 0.711. The summed E-state index contributed by atoms with van der Waals surface area (Å²) >= 11 is 0. The Kier molecular flexibility index (Phi) is 4.21. The Balaban J connectivity index is 2.56. The van der Waals surface area contributed by atoms with Crippen LogP contribution in [-0.2, 0) is 4.57 Å². The predicted molar refractivity (Wildman–Crippen MR) is 56.1 cm³/mol. The molecular weight excluding hydrogens is 183 g/mol. The van der Waals surface area contributed by atoms with E-state index in [2.05, 4.69) is 0 Å². The number of hydrogen-bond acceptors (Lipinski definition) is 1. The van der Waals surface area contributed by atoms with E-state index in [-0.39, 0.29) is 5.66 Å². The van der Waals surface area contributed by atoms with Crippen molar-refractivity contribution in [2.45, 2.75) is 51.1 Å². The van der Waals surface area contributed by atoms with E-state index in [9.17, 15) is 9.46 Å². The molecule has 0 amide bonds. The minimum Gasteiger partial charge on any atom is -0.341 e. The van der Waals surface area contributed by atoms with Crippen LogP contribution >= 0.6 is 7.37 Å². The third-order valence-corrected chi connectivity index (χ3v) is 4.85. The summed E-state index contributed by atoms with van der Waals surface area (Å²) in [5.74, 6) is 1.54. The summed E-state index contributed by atoms with van der Waals surface area (Å²) < 4.78 is 11.8. The first-order valence-corrected chi connectivity index (χ1v) is 6.96. The van der Waals surface area contributed by atoms with E-state index in [1.807, 2.05) is 13.0 Å². The van der Waals surface area contributed by atoms with Crippen molar-refractivity contribution >= 4 is 7.37 Å². The smallest absolute Gasteiger partial charge is 0.225 e. The molecule has 1 aliphatic rings. The van der Waals surface area contributed by atoms with E-state index in [0.29, 0.717) is 0 Å². The van der Waals surface area contributed by atoms with Crippen LogP contribution in [0.2, 0.25) is 0 Å². The van der Waals surface area contributed by atoms with Crippen molar-refractivity contribution in [1.82, 2.24) is 0 Å². The van der Waals surface area contributed by atoms with Gasteiger partial charge in [-0.1, -0.05) is 32.3 Å². The van der Waals surface area contributed by atoms with Crippen LogP contribution in [0.5, 0.6) is 0 Å². The van der Waals surface area contributed by atoms with Crippen LogP contribution in [0.15, 0.2) is 11.9 Å². The maximum Gasteiger partial charge on any atom is 0.225 e. The normalized spacial score (nSPS) is 24.8. The van der Waals surface area contributed by atoms with Crippen molar-refractivity contribution in [2.24, 2.45) is 0 Å². The second-order valence-corrected chi connectivity index (χ2v) is 6.13. The Morgan fingerprint density at radius 1 is 1.38 bits per heavy atom. The van der Waals surface area contributed by atoms with Crippen molar-refractivity contribution in [3.8, 4) is 0 Å². The van der Waals surface area contributed by atoms with Gasteiger partial charge in [0.15, 0.2) is 0 Å². The Bertz CT molecular complexity index is 217. The molecule has 0 heterocycles. The molecule has 1 N–H and O–H groups in total. The lowest BCUT2D eigenvalue weighted by Gasteiger charge is -2.24. The number of hydrogen-bond donors (Lipinski definition) is 1. The van der Waals surface area contributed by atoms with Crippen LogP contribution < -0.4 is 0 Å². The summed E-state index contributed by atoms with van der Waals surface area (Å²) in [4.78, 5) is 9.74. The zero-order chi connectivity index (χ0) is 9.73. The summed E-state index contributed by atoms with van der Waals surface area (Å²) in [7, 11) is -2.97. The summed E-state index contributed by atoms with van der Waals surface area (Å²) in [6.07, 6.45) is 7.99. The Labute approximate surface area is 80.5 Å². The molecule has 1 atom stereocenters. The Morgan fingerprint density at radius 3 is 2.54 bits per heavy atom.